The second kappa shape index (κ2) is 7.23. The lowest BCUT2D eigenvalue weighted by atomic mass is 10.2. The molecule has 0 amide bonds. The summed E-state index contributed by atoms with van der Waals surface area (Å²) in [7, 11) is -1.58. The topological polar surface area (TPSA) is 63.4 Å². The molecule has 0 fully saturated rings. The van der Waals surface area contributed by atoms with Gasteiger partial charge < -0.3 is 5.73 Å². The second-order valence-corrected chi connectivity index (χ2v) is 7.21. The molecular formula is C12H19BrN2O2S. The van der Waals surface area contributed by atoms with Crippen molar-refractivity contribution in [2.45, 2.75) is 19.4 Å². The molecular weight excluding hydrogens is 316 g/mol. The van der Waals surface area contributed by atoms with E-state index in [1.807, 2.05) is 24.3 Å². The van der Waals surface area contributed by atoms with Gasteiger partial charge in [0.1, 0.15) is 0 Å². The van der Waals surface area contributed by atoms with Gasteiger partial charge >= 0.3 is 0 Å². The minimum atomic E-state index is -3.19. The van der Waals surface area contributed by atoms with E-state index in [9.17, 15) is 8.42 Å². The van der Waals surface area contributed by atoms with Gasteiger partial charge in [-0.25, -0.2) is 12.7 Å². The third kappa shape index (κ3) is 4.68. The first kappa shape index (κ1) is 15.6. The zero-order valence-corrected chi connectivity index (χ0v) is 12.9. The van der Waals surface area contributed by atoms with Crippen LogP contribution < -0.4 is 5.73 Å². The van der Waals surface area contributed by atoms with E-state index < -0.39 is 10.0 Å². The quantitative estimate of drug-likeness (QED) is 0.775. The molecule has 0 heterocycles. The molecule has 18 heavy (non-hydrogen) atoms. The highest BCUT2D eigenvalue weighted by Crippen LogP contribution is 2.18. The summed E-state index contributed by atoms with van der Waals surface area (Å²) >= 11 is 3.42. The van der Waals surface area contributed by atoms with Crippen LogP contribution in [-0.2, 0) is 16.6 Å². The number of benzene rings is 1. The molecule has 0 saturated carbocycles. The van der Waals surface area contributed by atoms with E-state index in [-0.39, 0.29) is 5.75 Å². The number of hydrogen-bond acceptors (Lipinski definition) is 3. The fraction of sp³-hybridized carbons (Fsp3) is 0.500. The van der Waals surface area contributed by atoms with E-state index in [4.69, 9.17) is 5.73 Å². The molecule has 0 saturated heterocycles. The number of hydrogen-bond donors (Lipinski definition) is 1. The lowest BCUT2D eigenvalue weighted by Gasteiger charge is -2.17. The number of sulfonamides is 1. The number of nitrogens with zero attached hydrogens (tertiary/aromatic N) is 1. The lowest BCUT2D eigenvalue weighted by molar-refractivity contribution is 0.464. The van der Waals surface area contributed by atoms with Gasteiger partial charge in [0.15, 0.2) is 0 Å². The molecule has 1 aromatic carbocycles. The van der Waals surface area contributed by atoms with Gasteiger partial charge in [-0.1, -0.05) is 34.1 Å². The molecule has 0 radical (unpaired) electrons. The van der Waals surface area contributed by atoms with Gasteiger partial charge in [0.05, 0.1) is 5.75 Å². The van der Waals surface area contributed by atoms with Crippen LogP contribution in [0.25, 0.3) is 0 Å². The van der Waals surface area contributed by atoms with Crippen LogP contribution in [0.5, 0.6) is 0 Å². The zero-order chi connectivity index (χ0) is 13.6. The highest BCUT2D eigenvalue weighted by atomic mass is 79.9. The summed E-state index contributed by atoms with van der Waals surface area (Å²) < 4.78 is 26.3. The van der Waals surface area contributed by atoms with Crippen molar-refractivity contribution >= 4 is 26.0 Å². The summed E-state index contributed by atoms with van der Waals surface area (Å²) in [5.41, 5.74) is 6.32. The molecule has 1 rings (SSSR count). The summed E-state index contributed by atoms with van der Waals surface area (Å²) in [6.07, 6.45) is 1.35. The molecule has 2 N–H and O–H groups in total. The Bertz CT molecular complexity index is 477. The Hall–Kier alpha value is -0.430. The molecule has 1 aromatic rings. The molecule has 0 aliphatic heterocycles. The van der Waals surface area contributed by atoms with Crippen molar-refractivity contribution in [3.63, 3.8) is 0 Å². The van der Waals surface area contributed by atoms with Crippen LogP contribution in [0.3, 0.4) is 0 Å². The summed E-state index contributed by atoms with van der Waals surface area (Å²) in [6.45, 7) is 0.913. The first-order valence-electron chi connectivity index (χ1n) is 5.85. The average Bonchev–Trinajstić information content (AvgIpc) is 2.32. The van der Waals surface area contributed by atoms with E-state index in [1.165, 1.54) is 4.31 Å². The van der Waals surface area contributed by atoms with Crippen molar-refractivity contribution in [3.8, 4) is 0 Å². The van der Waals surface area contributed by atoms with Gasteiger partial charge in [0.25, 0.3) is 0 Å². The normalized spacial score (nSPS) is 12.0. The van der Waals surface area contributed by atoms with E-state index in [2.05, 4.69) is 15.9 Å². The van der Waals surface area contributed by atoms with Crippen LogP contribution in [0, 0.1) is 0 Å². The molecule has 0 aliphatic rings. The van der Waals surface area contributed by atoms with Crippen molar-refractivity contribution < 1.29 is 8.42 Å². The Morgan fingerprint density at radius 3 is 2.56 bits per heavy atom. The zero-order valence-electron chi connectivity index (χ0n) is 10.5. The van der Waals surface area contributed by atoms with Crippen LogP contribution in [-0.4, -0.2) is 32.1 Å². The summed E-state index contributed by atoms with van der Waals surface area (Å²) in [5.74, 6) is 0.158. The van der Waals surface area contributed by atoms with E-state index in [0.29, 0.717) is 19.5 Å². The Morgan fingerprint density at radius 1 is 1.28 bits per heavy atom. The fourth-order valence-electron chi connectivity index (χ4n) is 1.55. The third-order valence-corrected chi connectivity index (χ3v) is 5.34. The van der Waals surface area contributed by atoms with Crippen LogP contribution in [0.1, 0.15) is 18.4 Å². The smallest absolute Gasteiger partial charge is 0.214 e. The average molecular weight is 335 g/mol. The van der Waals surface area contributed by atoms with E-state index >= 15 is 0 Å². The summed E-state index contributed by atoms with van der Waals surface area (Å²) in [4.78, 5) is 0. The minimum Gasteiger partial charge on any atom is -0.330 e. The molecule has 102 valence electrons. The SMILES string of the molecule is CN(Cc1ccccc1Br)S(=O)(=O)CCCCN. The first-order chi connectivity index (χ1) is 8.47. The van der Waals surface area contributed by atoms with Crippen LogP contribution in [0.2, 0.25) is 0 Å². The Balaban J connectivity index is 2.64. The molecule has 0 aliphatic carbocycles. The highest BCUT2D eigenvalue weighted by Gasteiger charge is 2.18. The first-order valence-corrected chi connectivity index (χ1v) is 8.25. The number of halogens is 1. The van der Waals surface area contributed by atoms with Crippen LogP contribution in [0.4, 0.5) is 0 Å². The predicted molar refractivity (Wildman–Crippen MR) is 77.7 cm³/mol. The Kier molecular flexibility index (Phi) is 6.28. The maximum atomic E-state index is 12.0. The van der Waals surface area contributed by atoms with E-state index in [0.717, 1.165) is 16.5 Å². The maximum absolute atomic E-state index is 12.0. The molecule has 0 unspecified atom stereocenters. The summed E-state index contributed by atoms with van der Waals surface area (Å²) in [6, 6.07) is 7.62. The standard InChI is InChI=1S/C12H19BrN2O2S/c1-15(18(16,17)9-5-4-8-14)10-11-6-2-3-7-12(11)13/h2-3,6-7H,4-5,8-10,14H2,1H3. The van der Waals surface area contributed by atoms with Crippen molar-refractivity contribution in [2.75, 3.05) is 19.3 Å². The summed E-state index contributed by atoms with van der Waals surface area (Å²) in [5, 5.41) is 0. The minimum absolute atomic E-state index is 0.158. The molecule has 0 atom stereocenters. The predicted octanol–water partition coefficient (Wildman–Crippen LogP) is 1.95. The molecule has 0 spiro atoms. The number of unbranched alkanes of at least 4 members (excludes halogenated alkanes) is 1. The Morgan fingerprint density at radius 2 is 1.94 bits per heavy atom. The van der Waals surface area contributed by atoms with Crippen molar-refractivity contribution in [3.05, 3.63) is 34.3 Å². The van der Waals surface area contributed by atoms with Gasteiger partial charge in [-0.3, -0.25) is 0 Å². The number of rotatable bonds is 7. The lowest BCUT2D eigenvalue weighted by Crippen LogP contribution is -2.29. The highest BCUT2D eigenvalue weighted by molar-refractivity contribution is 9.10. The largest absolute Gasteiger partial charge is 0.330 e. The molecule has 0 aromatic heterocycles. The Labute approximate surface area is 117 Å². The molecule has 0 bridgehead atoms. The van der Waals surface area contributed by atoms with Crippen molar-refractivity contribution in [1.82, 2.24) is 4.31 Å². The van der Waals surface area contributed by atoms with Crippen LogP contribution in [0.15, 0.2) is 28.7 Å². The fourth-order valence-corrected chi connectivity index (χ4v) is 3.18. The van der Waals surface area contributed by atoms with Crippen molar-refractivity contribution in [1.29, 1.82) is 0 Å². The number of nitrogens with two attached hydrogens (primary N) is 1. The maximum Gasteiger partial charge on any atom is 0.214 e. The van der Waals surface area contributed by atoms with Gasteiger partial charge in [0.2, 0.25) is 10.0 Å². The second-order valence-electron chi connectivity index (χ2n) is 4.16. The van der Waals surface area contributed by atoms with E-state index in [1.54, 1.807) is 7.05 Å². The third-order valence-electron chi connectivity index (χ3n) is 2.68. The molecule has 6 heteroatoms. The van der Waals surface area contributed by atoms with Gasteiger partial charge in [-0.05, 0) is 31.0 Å². The van der Waals surface area contributed by atoms with Crippen molar-refractivity contribution in [2.24, 2.45) is 5.73 Å². The van der Waals surface area contributed by atoms with Gasteiger partial charge in [-0.2, -0.15) is 0 Å². The van der Waals surface area contributed by atoms with Gasteiger partial charge in [-0.15, -0.1) is 0 Å². The molecule has 4 nitrogen and oxygen atoms in total. The van der Waals surface area contributed by atoms with Gasteiger partial charge in [0, 0.05) is 18.1 Å². The monoisotopic (exact) mass is 334 g/mol. The van der Waals surface area contributed by atoms with Crippen LogP contribution >= 0.6 is 15.9 Å².